The van der Waals surface area contributed by atoms with Crippen molar-refractivity contribution in [2.45, 2.75) is 19.8 Å². The number of likely N-dealkylation sites (tertiary alicyclic amines) is 1. The fourth-order valence-electron chi connectivity index (χ4n) is 3.21. The van der Waals surface area contributed by atoms with Crippen LogP contribution in [0.1, 0.15) is 40.6 Å². The van der Waals surface area contributed by atoms with Gasteiger partial charge in [-0.05, 0) is 49.1 Å². The van der Waals surface area contributed by atoms with Crippen LogP contribution in [0.25, 0.3) is 0 Å². The molecule has 1 saturated heterocycles. The third-order valence-corrected chi connectivity index (χ3v) is 4.83. The SMILES string of the molecule is COc1ccc(Cl)cc1NC(=O)c1cc(C(=O)N2CCCC(C)C2)ccn1. The molecule has 27 heavy (non-hydrogen) atoms. The number of methoxy groups -OCH3 is 1. The van der Waals surface area contributed by atoms with Crippen molar-refractivity contribution >= 4 is 29.1 Å². The first-order chi connectivity index (χ1) is 13.0. The molecule has 0 radical (unpaired) electrons. The van der Waals surface area contributed by atoms with Gasteiger partial charge < -0.3 is 15.0 Å². The first-order valence-corrected chi connectivity index (χ1v) is 9.26. The van der Waals surface area contributed by atoms with Gasteiger partial charge in [0.1, 0.15) is 11.4 Å². The molecule has 1 atom stereocenters. The molecule has 2 heterocycles. The molecule has 0 aliphatic carbocycles. The summed E-state index contributed by atoms with van der Waals surface area (Å²) in [6, 6.07) is 8.10. The second-order valence-electron chi connectivity index (χ2n) is 6.73. The number of aromatic nitrogens is 1. The number of hydrogen-bond acceptors (Lipinski definition) is 4. The Balaban J connectivity index is 1.78. The molecule has 1 unspecified atom stereocenters. The van der Waals surface area contributed by atoms with Gasteiger partial charge in [0.15, 0.2) is 0 Å². The second-order valence-corrected chi connectivity index (χ2v) is 7.16. The molecule has 2 amide bonds. The highest BCUT2D eigenvalue weighted by molar-refractivity contribution is 6.31. The average molecular weight is 388 g/mol. The number of benzene rings is 1. The van der Waals surface area contributed by atoms with Crippen molar-refractivity contribution in [2.75, 3.05) is 25.5 Å². The van der Waals surface area contributed by atoms with E-state index in [1.54, 1.807) is 24.3 Å². The number of rotatable bonds is 4. The first-order valence-electron chi connectivity index (χ1n) is 8.88. The number of hydrogen-bond donors (Lipinski definition) is 1. The predicted molar refractivity (Wildman–Crippen MR) is 104 cm³/mol. The molecular weight excluding hydrogens is 366 g/mol. The lowest BCUT2D eigenvalue weighted by Gasteiger charge is -2.31. The summed E-state index contributed by atoms with van der Waals surface area (Å²) >= 11 is 6.00. The lowest BCUT2D eigenvalue weighted by molar-refractivity contribution is 0.0683. The summed E-state index contributed by atoms with van der Waals surface area (Å²) in [6.45, 7) is 3.62. The van der Waals surface area contributed by atoms with Crippen molar-refractivity contribution < 1.29 is 14.3 Å². The molecule has 1 aromatic heterocycles. The lowest BCUT2D eigenvalue weighted by Crippen LogP contribution is -2.39. The van der Waals surface area contributed by atoms with E-state index < -0.39 is 5.91 Å². The molecule has 1 aliphatic heterocycles. The highest BCUT2D eigenvalue weighted by Crippen LogP contribution is 2.28. The summed E-state index contributed by atoms with van der Waals surface area (Å²) in [4.78, 5) is 31.3. The van der Waals surface area contributed by atoms with Crippen LogP contribution in [0.3, 0.4) is 0 Å². The Kier molecular flexibility index (Phi) is 5.96. The Bertz CT molecular complexity index is 856. The van der Waals surface area contributed by atoms with Gasteiger partial charge in [0.25, 0.3) is 11.8 Å². The summed E-state index contributed by atoms with van der Waals surface area (Å²) < 4.78 is 5.23. The van der Waals surface area contributed by atoms with Crippen LogP contribution in [0.4, 0.5) is 5.69 Å². The molecule has 1 fully saturated rings. The largest absolute Gasteiger partial charge is 0.495 e. The fourth-order valence-corrected chi connectivity index (χ4v) is 3.38. The molecule has 1 aromatic carbocycles. The summed E-state index contributed by atoms with van der Waals surface area (Å²) in [5.41, 5.74) is 1.06. The maximum Gasteiger partial charge on any atom is 0.274 e. The first kappa shape index (κ1) is 19.2. The molecule has 7 heteroatoms. The minimum atomic E-state index is -0.433. The zero-order valence-corrected chi connectivity index (χ0v) is 16.1. The van der Waals surface area contributed by atoms with E-state index in [1.165, 1.54) is 19.4 Å². The number of anilines is 1. The van der Waals surface area contributed by atoms with Gasteiger partial charge in [0.05, 0.1) is 12.8 Å². The zero-order valence-electron chi connectivity index (χ0n) is 15.4. The number of carbonyl (C=O) groups excluding carboxylic acids is 2. The standard InChI is InChI=1S/C20H22ClN3O3/c1-13-4-3-9-24(12-13)20(26)14-7-8-22-17(10-14)19(25)23-16-11-15(21)5-6-18(16)27-2/h5-8,10-11,13H,3-4,9,12H2,1-2H3,(H,23,25). The van der Waals surface area contributed by atoms with Crippen LogP contribution in [0.15, 0.2) is 36.5 Å². The normalized spacial score (nSPS) is 16.7. The van der Waals surface area contributed by atoms with E-state index in [0.717, 1.165) is 25.9 Å². The molecule has 1 N–H and O–H groups in total. The smallest absolute Gasteiger partial charge is 0.274 e. The van der Waals surface area contributed by atoms with E-state index in [1.807, 2.05) is 4.90 Å². The third kappa shape index (κ3) is 4.57. The van der Waals surface area contributed by atoms with E-state index in [4.69, 9.17) is 16.3 Å². The van der Waals surface area contributed by atoms with Crippen molar-refractivity contribution in [3.05, 3.63) is 52.8 Å². The maximum absolute atomic E-state index is 12.8. The van der Waals surface area contributed by atoms with Gasteiger partial charge in [-0.15, -0.1) is 0 Å². The average Bonchev–Trinajstić information content (AvgIpc) is 2.67. The van der Waals surface area contributed by atoms with Crippen molar-refractivity contribution in [1.82, 2.24) is 9.88 Å². The van der Waals surface area contributed by atoms with Crippen molar-refractivity contribution in [2.24, 2.45) is 5.92 Å². The fraction of sp³-hybridized carbons (Fsp3) is 0.350. The van der Waals surface area contributed by atoms with E-state index in [0.29, 0.717) is 27.9 Å². The number of pyridine rings is 1. The topological polar surface area (TPSA) is 71.5 Å². The number of nitrogens with zero attached hydrogens (tertiary/aromatic N) is 2. The van der Waals surface area contributed by atoms with Crippen LogP contribution < -0.4 is 10.1 Å². The Hall–Kier alpha value is -2.60. The number of nitrogens with one attached hydrogen (secondary N) is 1. The minimum absolute atomic E-state index is 0.0710. The number of carbonyl (C=O) groups is 2. The molecular formula is C20H22ClN3O3. The summed E-state index contributed by atoms with van der Waals surface area (Å²) in [5.74, 6) is 0.473. The Labute approximate surface area is 163 Å². The van der Waals surface area contributed by atoms with E-state index in [9.17, 15) is 9.59 Å². The van der Waals surface area contributed by atoms with Crippen LogP contribution >= 0.6 is 11.6 Å². The van der Waals surface area contributed by atoms with Gasteiger partial charge in [-0.1, -0.05) is 18.5 Å². The van der Waals surface area contributed by atoms with E-state index >= 15 is 0 Å². The minimum Gasteiger partial charge on any atom is -0.495 e. The number of halogens is 1. The second kappa shape index (κ2) is 8.39. The van der Waals surface area contributed by atoms with Crippen molar-refractivity contribution in [1.29, 1.82) is 0 Å². The molecule has 6 nitrogen and oxygen atoms in total. The highest BCUT2D eigenvalue weighted by Gasteiger charge is 2.23. The summed E-state index contributed by atoms with van der Waals surface area (Å²) in [7, 11) is 1.51. The molecule has 0 spiro atoms. The highest BCUT2D eigenvalue weighted by atomic mass is 35.5. The van der Waals surface area contributed by atoms with Gasteiger partial charge in [0.2, 0.25) is 0 Å². The van der Waals surface area contributed by atoms with Gasteiger partial charge in [-0.2, -0.15) is 0 Å². The van der Waals surface area contributed by atoms with Crippen LogP contribution in [0.2, 0.25) is 5.02 Å². The van der Waals surface area contributed by atoms with Gasteiger partial charge >= 0.3 is 0 Å². The van der Waals surface area contributed by atoms with Crippen LogP contribution in [-0.4, -0.2) is 41.9 Å². The zero-order chi connectivity index (χ0) is 19.4. The van der Waals surface area contributed by atoms with Crippen LogP contribution in [-0.2, 0) is 0 Å². The lowest BCUT2D eigenvalue weighted by atomic mass is 9.99. The molecule has 1 aliphatic rings. The molecule has 3 rings (SSSR count). The Morgan fingerprint density at radius 3 is 2.85 bits per heavy atom. The predicted octanol–water partition coefficient (Wildman–Crippen LogP) is 3.87. The van der Waals surface area contributed by atoms with Crippen LogP contribution in [0, 0.1) is 5.92 Å². The molecule has 142 valence electrons. The number of ether oxygens (including phenoxy) is 1. The van der Waals surface area contributed by atoms with E-state index in [2.05, 4.69) is 17.2 Å². The van der Waals surface area contributed by atoms with Crippen molar-refractivity contribution in [3.63, 3.8) is 0 Å². The molecule has 0 saturated carbocycles. The summed E-state index contributed by atoms with van der Waals surface area (Å²) in [5, 5.41) is 3.21. The number of amides is 2. The van der Waals surface area contributed by atoms with Gasteiger partial charge in [-0.25, -0.2) is 0 Å². The molecule has 0 bridgehead atoms. The monoisotopic (exact) mass is 387 g/mol. The Morgan fingerprint density at radius 2 is 2.11 bits per heavy atom. The van der Waals surface area contributed by atoms with E-state index in [-0.39, 0.29) is 11.6 Å². The number of piperidine rings is 1. The maximum atomic E-state index is 12.8. The van der Waals surface area contributed by atoms with Gasteiger partial charge in [-0.3, -0.25) is 14.6 Å². The van der Waals surface area contributed by atoms with Crippen molar-refractivity contribution in [3.8, 4) is 5.75 Å². The van der Waals surface area contributed by atoms with Gasteiger partial charge in [0, 0.05) is 29.9 Å². The third-order valence-electron chi connectivity index (χ3n) is 4.59. The summed E-state index contributed by atoms with van der Waals surface area (Å²) in [6.07, 6.45) is 3.61. The quantitative estimate of drug-likeness (QED) is 0.864. The molecule has 2 aromatic rings. The van der Waals surface area contributed by atoms with Crippen LogP contribution in [0.5, 0.6) is 5.75 Å². The Morgan fingerprint density at radius 1 is 1.30 bits per heavy atom.